The number of rotatable bonds is 2. The molecule has 18 heavy (non-hydrogen) atoms. The van der Waals surface area contributed by atoms with Crippen LogP contribution in [-0.2, 0) is 0 Å². The molecule has 2 aromatic rings. The maximum absolute atomic E-state index is 13.5. The van der Waals surface area contributed by atoms with Gasteiger partial charge in [0.05, 0.1) is 10.7 Å². The van der Waals surface area contributed by atoms with E-state index >= 15 is 0 Å². The highest BCUT2D eigenvalue weighted by molar-refractivity contribution is 9.10. The molecule has 0 saturated carbocycles. The van der Waals surface area contributed by atoms with E-state index in [0.29, 0.717) is 4.47 Å². The monoisotopic (exact) mass is 333 g/mol. The Morgan fingerprint density at radius 1 is 1.17 bits per heavy atom. The first-order valence-electron chi connectivity index (χ1n) is 4.85. The van der Waals surface area contributed by atoms with Crippen LogP contribution >= 0.6 is 27.5 Å². The molecule has 6 heteroatoms. The van der Waals surface area contributed by atoms with Crippen LogP contribution < -0.4 is 10.5 Å². The molecule has 0 spiro atoms. The van der Waals surface area contributed by atoms with Crippen molar-refractivity contribution in [1.29, 1.82) is 0 Å². The van der Waals surface area contributed by atoms with Gasteiger partial charge in [-0.3, -0.25) is 0 Å². The summed E-state index contributed by atoms with van der Waals surface area (Å²) in [5.41, 5.74) is 5.53. The van der Waals surface area contributed by atoms with Crippen molar-refractivity contribution in [2.24, 2.45) is 0 Å². The Morgan fingerprint density at radius 2 is 1.89 bits per heavy atom. The van der Waals surface area contributed by atoms with E-state index in [1.165, 1.54) is 12.1 Å². The van der Waals surface area contributed by atoms with Crippen molar-refractivity contribution in [2.45, 2.75) is 0 Å². The quantitative estimate of drug-likeness (QED) is 0.804. The second-order valence-corrected chi connectivity index (χ2v) is 4.78. The van der Waals surface area contributed by atoms with E-state index < -0.39 is 11.6 Å². The van der Waals surface area contributed by atoms with Crippen LogP contribution in [0, 0.1) is 11.6 Å². The summed E-state index contributed by atoms with van der Waals surface area (Å²) in [6.07, 6.45) is 0. The number of halogens is 4. The SMILES string of the molecule is Nc1ccc(F)c(F)c1Oc1cc(Br)ccc1Cl. The van der Waals surface area contributed by atoms with Gasteiger partial charge in [-0.25, -0.2) is 4.39 Å². The average molecular weight is 335 g/mol. The minimum atomic E-state index is -1.15. The average Bonchev–Trinajstić information content (AvgIpc) is 2.34. The van der Waals surface area contributed by atoms with E-state index in [1.54, 1.807) is 12.1 Å². The van der Waals surface area contributed by atoms with Crippen molar-refractivity contribution in [1.82, 2.24) is 0 Å². The van der Waals surface area contributed by atoms with Crippen LogP contribution in [0.25, 0.3) is 0 Å². The predicted octanol–water partition coefficient (Wildman–Crippen LogP) is 4.76. The molecule has 0 aliphatic heterocycles. The first-order valence-corrected chi connectivity index (χ1v) is 6.02. The van der Waals surface area contributed by atoms with Crippen molar-refractivity contribution in [3.05, 3.63) is 51.5 Å². The van der Waals surface area contributed by atoms with Crippen LogP contribution in [-0.4, -0.2) is 0 Å². The number of nitrogen functional groups attached to an aromatic ring is 1. The van der Waals surface area contributed by atoms with E-state index in [4.69, 9.17) is 22.1 Å². The first-order chi connectivity index (χ1) is 8.49. The van der Waals surface area contributed by atoms with Crippen LogP contribution in [0.15, 0.2) is 34.8 Å². The largest absolute Gasteiger partial charge is 0.450 e. The maximum Gasteiger partial charge on any atom is 0.203 e. The summed E-state index contributed by atoms with van der Waals surface area (Å²) >= 11 is 9.11. The van der Waals surface area contributed by atoms with Crippen LogP contribution in [0.2, 0.25) is 5.02 Å². The highest BCUT2D eigenvalue weighted by Gasteiger charge is 2.15. The van der Waals surface area contributed by atoms with Gasteiger partial charge in [0.25, 0.3) is 0 Å². The van der Waals surface area contributed by atoms with Gasteiger partial charge >= 0.3 is 0 Å². The molecule has 0 radical (unpaired) electrons. The van der Waals surface area contributed by atoms with Crippen molar-refractivity contribution < 1.29 is 13.5 Å². The van der Waals surface area contributed by atoms with Crippen molar-refractivity contribution in [2.75, 3.05) is 5.73 Å². The second kappa shape index (κ2) is 5.12. The van der Waals surface area contributed by atoms with Crippen LogP contribution in [0.5, 0.6) is 11.5 Å². The van der Waals surface area contributed by atoms with Gasteiger partial charge in [-0.15, -0.1) is 0 Å². The number of hydrogen-bond donors (Lipinski definition) is 1. The molecule has 2 nitrogen and oxygen atoms in total. The molecular formula is C12H7BrClF2NO. The van der Waals surface area contributed by atoms with Crippen LogP contribution in [0.4, 0.5) is 14.5 Å². The molecule has 0 aliphatic carbocycles. The van der Waals surface area contributed by atoms with Crippen molar-refractivity contribution in [3.8, 4) is 11.5 Å². The topological polar surface area (TPSA) is 35.2 Å². The lowest BCUT2D eigenvalue weighted by Crippen LogP contribution is -1.98. The van der Waals surface area contributed by atoms with Crippen LogP contribution in [0.3, 0.4) is 0 Å². The van der Waals surface area contributed by atoms with Gasteiger partial charge in [0.1, 0.15) is 5.75 Å². The number of hydrogen-bond acceptors (Lipinski definition) is 2. The highest BCUT2D eigenvalue weighted by Crippen LogP contribution is 2.36. The maximum atomic E-state index is 13.5. The fourth-order valence-electron chi connectivity index (χ4n) is 1.32. The van der Waals surface area contributed by atoms with E-state index in [-0.39, 0.29) is 22.2 Å². The van der Waals surface area contributed by atoms with Crippen molar-refractivity contribution >= 4 is 33.2 Å². The van der Waals surface area contributed by atoms with E-state index in [9.17, 15) is 8.78 Å². The zero-order valence-corrected chi connectivity index (χ0v) is 11.2. The molecule has 0 aromatic heterocycles. The number of anilines is 1. The normalized spacial score (nSPS) is 10.4. The third-order valence-electron chi connectivity index (χ3n) is 2.19. The lowest BCUT2D eigenvalue weighted by Gasteiger charge is -2.11. The lowest BCUT2D eigenvalue weighted by atomic mass is 10.2. The van der Waals surface area contributed by atoms with Gasteiger partial charge < -0.3 is 10.5 Å². The fraction of sp³-hybridized carbons (Fsp3) is 0. The molecule has 2 rings (SSSR count). The van der Waals surface area contributed by atoms with Gasteiger partial charge in [0.15, 0.2) is 11.6 Å². The highest BCUT2D eigenvalue weighted by atomic mass is 79.9. The fourth-order valence-corrected chi connectivity index (χ4v) is 1.81. The zero-order chi connectivity index (χ0) is 13.3. The van der Waals surface area contributed by atoms with Crippen LogP contribution in [0.1, 0.15) is 0 Å². The summed E-state index contributed by atoms with van der Waals surface area (Å²) in [6, 6.07) is 6.95. The minimum Gasteiger partial charge on any atom is -0.450 e. The number of ether oxygens (including phenoxy) is 1. The summed E-state index contributed by atoms with van der Waals surface area (Å²) in [5.74, 6) is -2.38. The molecule has 0 bridgehead atoms. The molecule has 0 atom stereocenters. The molecule has 0 fully saturated rings. The van der Waals surface area contributed by atoms with E-state index in [2.05, 4.69) is 15.9 Å². The Labute approximate surface area is 115 Å². The summed E-state index contributed by atoms with van der Waals surface area (Å²) in [5, 5.41) is 0.265. The molecule has 0 heterocycles. The summed E-state index contributed by atoms with van der Waals surface area (Å²) in [6.45, 7) is 0. The Morgan fingerprint density at radius 3 is 2.61 bits per heavy atom. The molecule has 0 unspecified atom stereocenters. The van der Waals surface area contributed by atoms with Gasteiger partial charge in [0.2, 0.25) is 5.82 Å². The smallest absolute Gasteiger partial charge is 0.203 e. The van der Waals surface area contributed by atoms with Crippen molar-refractivity contribution in [3.63, 3.8) is 0 Å². The Balaban J connectivity index is 2.46. The molecule has 0 aliphatic rings. The Hall–Kier alpha value is -1.33. The zero-order valence-electron chi connectivity index (χ0n) is 8.88. The van der Waals surface area contributed by atoms with E-state index in [1.807, 2.05) is 0 Å². The Kier molecular flexibility index (Phi) is 3.73. The lowest BCUT2D eigenvalue weighted by molar-refractivity contribution is 0.418. The standard InChI is InChI=1S/C12H7BrClF2NO/c13-6-1-2-7(14)10(5-6)18-12-9(17)4-3-8(15)11(12)16/h1-5H,17H2. The molecule has 2 N–H and O–H groups in total. The minimum absolute atomic E-state index is 0.00931. The van der Waals surface area contributed by atoms with Gasteiger partial charge in [-0.2, -0.15) is 4.39 Å². The van der Waals surface area contributed by atoms with Gasteiger partial charge in [-0.05, 0) is 30.3 Å². The molecule has 0 saturated heterocycles. The van der Waals surface area contributed by atoms with Gasteiger partial charge in [0, 0.05) is 4.47 Å². The van der Waals surface area contributed by atoms with E-state index in [0.717, 1.165) is 6.07 Å². The number of benzene rings is 2. The first kappa shape index (κ1) is 13.1. The number of nitrogens with two attached hydrogens (primary N) is 1. The summed E-state index contributed by atoms with van der Waals surface area (Å²) < 4.78 is 32.6. The third-order valence-corrected chi connectivity index (χ3v) is 2.99. The molecule has 94 valence electrons. The van der Waals surface area contributed by atoms with Gasteiger partial charge in [-0.1, -0.05) is 27.5 Å². The second-order valence-electron chi connectivity index (χ2n) is 3.46. The third kappa shape index (κ3) is 2.57. The molecule has 2 aromatic carbocycles. The summed E-state index contributed by atoms with van der Waals surface area (Å²) in [7, 11) is 0. The predicted molar refractivity (Wildman–Crippen MR) is 70.0 cm³/mol. The molecular weight excluding hydrogens is 327 g/mol. The summed E-state index contributed by atoms with van der Waals surface area (Å²) in [4.78, 5) is 0. The Bertz CT molecular complexity index is 607. The molecule has 0 amide bonds.